The van der Waals surface area contributed by atoms with E-state index in [2.05, 4.69) is 10.2 Å². The second kappa shape index (κ2) is 5.41. The number of ketones is 1. The quantitative estimate of drug-likeness (QED) is 0.730. The van der Waals surface area contributed by atoms with Crippen molar-refractivity contribution in [3.05, 3.63) is 38.5 Å². The molecule has 1 aliphatic carbocycles. The first-order valence-electron chi connectivity index (χ1n) is 6.90. The van der Waals surface area contributed by atoms with Crippen molar-refractivity contribution in [1.29, 1.82) is 0 Å². The molecule has 23 heavy (non-hydrogen) atoms. The Morgan fingerprint density at radius 1 is 1.43 bits per heavy atom. The van der Waals surface area contributed by atoms with Gasteiger partial charge in [0.1, 0.15) is 17.3 Å². The van der Waals surface area contributed by atoms with Gasteiger partial charge in [-0.25, -0.2) is 0 Å². The number of hydrogen-bond acceptors (Lipinski definition) is 7. The molecule has 0 saturated heterocycles. The number of aromatic nitrogens is 2. The molecule has 4 rings (SSSR count). The Balaban J connectivity index is 1.85. The van der Waals surface area contributed by atoms with Gasteiger partial charge >= 0.3 is 0 Å². The lowest BCUT2D eigenvalue weighted by molar-refractivity contribution is -0.118. The molecule has 1 amide bonds. The topological polar surface area (TPSA) is 96.5 Å². The normalized spacial score (nSPS) is 21.3. The van der Waals surface area contributed by atoms with Crippen LogP contribution in [0.25, 0.3) is 0 Å². The second-order valence-corrected chi connectivity index (χ2v) is 7.22. The van der Waals surface area contributed by atoms with Crippen molar-refractivity contribution in [2.45, 2.75) is 18.9 Å². The molecule has 1 unspecified atom stereocenters. The van der Waals surface area contributed by atoms with Crippen molar-refractivity contribution in [1.82, 2.24) is 10.2 Å². The van der Waals surface area contributed by atoms with Crippen LogP contribution in [0.4, 0.5) is 5.13 Å². The minimum absolute atomic E-state index is 0.0958. The fraction of sp³-hybridized carbons (Fsp3) is 0.286. The molecular weight excluding hydrogens is 433 g/mol. The average molecular weight is 443 g/mol. The fourth-order valence-electron chi connectivity index (χ4n) is 2.64. The predicted molar refractivity (Wildman–Crippen MR) is 88.9 cm³/mol. The third-order valence-corrected chi connectivity index (χ3v) is 5.11. The van der Waals surface area contributed by atoms with E-state index in [9.17, 15) is 14.7 Å². The van der Waals surface area contributed by atoms with Gasteiger partial charge in [0.25, 0.3) is 5.91 Å². The Morgan fingerprint density at radius 3 is 2.78 bits per heavy atom. The first-order chi connectivity index (χ1) is 11.1. The van der Waals surface area contributed by atoms with E-state index < -0.39 is 17.7 Å². The minimum Gasteiger partial charge on any atom is -0.503 e. The summed E-state index contributed by atoms with van der Waals surface area (Å²) >= 11 is 3.17. The maximum absolute atomic E-state index is 12.6. The molecule has 7 nitrogen and oxygen atoms in total. The number of furan rings is 1. The van der Waals surface area contributed by atoms with Gasteiger partial charge in [-0.05, 0) is 47.6 Å². The van der Waals surface area contributed by atoms with Crippen LogP contribution in [0.15, 0.2) is 33.4 Å². The number of Topliss-reactive ketones (excluding diaryl/α,β-unsaturated/α-hetero) is 1. The van der Waals surface area contributed by atoms with Crippen molar-refractivity contribution in [3.63, 3.8) is 0 Å². The molecule has 118 valence electrons. The van der Waals surface area contributed by atoms with Crippen LogP contribution in [0.1, 0.15) is 24.6 Å². The molecule has 0 aromatic carbocycles. The third-order valence-electron chi connectivity index (χ3n) is 3.84. The van der Waals surface area contributed by atoms with Crippen LogP contribution in [0.3, 0.4) is 0 Å². The SMILES string of the molecule is O=C(C1=C(O)C(=O)N(c2nncs2)C1c1ccc(I)o1)C1CC1. The van der Waals surface area contributed by atoms with Crippen molar-refractivity contribution in [2.75, 3.05) is 4.90 Å². The summed E-state index contributed by atoms with van der Waals surface area (Å²) in [6, 6.07) is 2.65. The summed E-state index contributed by atoms with van der Waals surface area (Å²) in [5.41, 5.74) is 1.59. The van der Waals surface area contributed by atoms with Crippen molar-refractivity contribution in [3.8, 4) is 0 Å². The summed E-state index contributed by atoms with van der Waals surface area (Å²) in [6.45, 7) is 0. The smallest absolute Gasteiger partial charge is 0.296 e. The largest absolute Gasteiger partial charge is 0.503 e. The molecule has 9 heteroatoms. The van der Waals surface area contributed by atoms with E-state index in [0.29, 0.717) is 14.7 Å². The van der Waals surface area contributed by atoms with Crippen LogP contribution in [0.5, 0.6) is 0 Å². The average Bonchev–Trinajstić information content (AvgIpc) is 2.96. The van der Waals surface area contributed by atoms with E-state index in [4.69, 9.17) is 4.42 Å². The van der Waals surface area contributed by atoms with Crippen LogP contribution in [0, 0.1) is 9.68 Å². The number of nitrogens with zero attached hydrogens (tertiary/aromatic N) is 3. The molecule has 0 radical (unpaired) electrons. The van der Waals surface area contributed by atoms with E-state index in [1.165, 1.54) is 10.4 Å². The number of anilines is 1. The Labute approximate surface area is 148 Å². The third kappa shape index (κ3) is 2.38. The molecule has 1 N–H and O–H groups in total. The molecule has 0 spiro atoms. The van der Waals surface area contributed by atoms with E-state index in [-0.39, 0.29) is 17.3 Å². The van der Waals surface area contributed by atoms with Crippen molar-refractivity contribution < 1.29 is 19.1 Å². The van der Waals surface area contributed by atoms with Gasteiger partial charge in [-0.1, -0.05) is 11.3 Å². The van der Waals surface area contributed by atoms with Gasteiger partial charge in [0.2, 0.25) is 5.13 Å². The highest BCUT2D eigenvalue weighted by molar-refractivity contribution is 14.1. The van der Waals surface area contributed by atoms with Crippen LogP contribution in [-0.2, 0) is 9.59 Å². The first-order valence-corrected chi connectivity index (χ1v) is 8.86. The lowest BCUT2D eigenvalue weighted by Crippen LogP contribution is -2.30. The first kappa shape index (κ1) is 14.8. The number of amides is 1. The molecule has 0 bridgehead atoms. The highest BCUT2D eigenvalue weighted by Crippen LogP contribution is 2.45. The molecule has 2 aromatic heterocycles. The van der Waals surface area contributed by atoms with Gasteiger partial charge in [0.05, 0.1) is 5.57 Å². The van der Waals surface area contributed by atoms with Gasteiger partial charge in [-0.3, -0.25) is 14.5 Å². The zero-order valence-corrected chi connectivity index (χ0v) is 14.6. The predicted octanol–water partition coefficient (Wildman–Crippen LogP) is 2.61. The van der Waals surface area contributed by atoms with E-state index >= 15 is 0 Å². The number of hydrogen-bond donors (Lipinski definition) is 1. The number of carbonyl (C=O) groups is 2. The Morgan fingerprint density at radius 2 is 2.22 bits per heavy atom. The Kier molecular flexibility index (Phi) is 3.48. The summed E-state index contributed by atoms with van der Waals surface area (Å²) in [4.78, 5) is 26.4. The van der Waals surface area contributed by atoms with Crippen LogP contribution in [0.2, 0.25) is 0 Å². The van der Waals surface area contributed by atoms with E-state index in [1.807, 2.05) is 22.6 Å². The monoisotopic (exact) mass is 443 g/mol. The van der Waals surface area contributed by atoms with Crippen LogP contribution in [-0.4, -0.2) is 27.0 Å². The highest BCUT2D eigenvalue weighted by atomic mass is 127. The van der Waals surface area contributed by atoms with Gasteiger partial charge in [0, 0.05) is 5.92 Å². The number of rotatable bonds is 4. The molecule has 1 atom stereocenters. The molecule has 1 aliphatic heterocycles. The van der Waals surface area contributed by atoms with Crippen LogP contribution >= 0.6 is 33.9 Å². The standard InChI is InChI=1S/C14H10IN3O4S/c15-8-4-3-7(22-8)10-9(11(19)6-1-2-6)12(20)13(21)18(10)14-17-16-5-23-14/h3-6,10,20H,1-2H2. The second-order valence-electron chi connectivity index (χ2n) is 5.34. The zero-order valence-electron chi connectivity index (χ0n) is 11.6. The molecule has 3 heterocycles. The highest BCUT2D eigenvalue weighted by Gasteiger charge is 2.49. The van der Waals surface area contributed by atoms with E-state index in [1.54, 1.807) is 12.1 Å². The van der Waals surface area contributed by atoms with Gasteiger partial charge < -0.3 is 9.52 Å². The number of carbonyl (C=O) groups excluding carboxylic acids is 2. The van der Waals surface area contributed by atoms with Gasteiger partial charge in [-0.2, -0.15) is 0 Å². The molecule has 2 aliphatic rings. The maximum Gasteiger partial charge on any atom is 0.296 e. The maximum atomic E-state index is 12.6. The summed E-state index contributed by atoms with van der Waals surface area (Å²) in [6.07, 6.45) is 1.57. The Hall–Kier alpha value is -1.75. The Bertz CT molecular complexity index is 825. The lowest BCUT2D eigenvalue weighted by atomic mass is 9.98. The van der Waals surface area contributed by atoms with E-state index in [0.717, 1.165) is 24.2 Å². The summed E-state index contributed by atoms with van der Waals surface area (Å²) < 4.78 is 6.26. The van der Waals surface area contributed by atoms with Crippen LogP contribution < -0.4 is 4.90 Å². The van der Waals surface area contributed by atoms with Crippen molar-refractivity contribution >= 4 is 50.7 Å². The fourth-order valence-corrected chi connectivity index (χ4v) is 3.66. The minimum atomic E-state index is -0.799. The number of aliphatic hydroxyl groups excluding tert-OH is 1. The summed E-state index contributed by atoms with van der Waals surface area (Å²) in [5.74, 6) is -1.06. The number of aliphatic hydroxyl groups is 1. The zero-order chi connectivity index (χ0) is 16.1. The molecule has 1 saturated carbocycles. The summed E-state index contributed by atoms with van der Waals surface area (Å²) in [7, 11) is 0. The molecule has 1 fully saturated rings. The van der Waals surface area contributed by atoms with Crippen molar-refractivity contribution in [2.24, 2.45) is 5.92 Å². The molecular formula is C14H10IN3O4S. The molecule has 2 aromatic rings. The van der Waals surface area contributed by atoms with Gasteiger partial charge in [-0.15, -0.1) is 10.2 Å². The lowest BCUT2D eigenvalue weighted by Gasteiger charge is -2.21. The number of halogens is 1. The summed E-state index contributed by atoms with van der Waals surface area (Å²) in [5, 5.41) is 18.2. The van der Waals surface area contributed by atoms with Gasteiger partial charge in [0.15, 0.2) is 15.3 Å².